The zero-order valence-electron chi connectivity index (χ0n) is 6.51. The van der Waals surface area contributed by atoms with Gasteiger partial charge in [0.25, 0.3) is 0 Å². The van der Waals surface area contributed by atoms with Gasteiger partial charge in [-0.05, 0) is 6.92 Å². The Hall–Kier alpha value is 0.770. The molecule has 1 saturated heterocycles. The van der Waals surface area contributed by atoms with E-state index in [0.717, 1.165) is 0 Å². The number of alkyl halides is 2. The third kappa shape index (κ3) is 1.92. The molecule has 0 aromatic carbocycles. The quantitative estimate of drug-likeness (QED) is 0.498. The molecule has 1 aliphatic heterocycles. The van der Waals surface area contributed by atoms with Gasteiger partial charge in [-0.15, -0.1) is 11.6 Å². The Morgan fingerprint density at radius 1 is 1.82 bits per heavy atom. The predicted octanol–water partition coefficient (Wildman–Crippen LogP) is 2.88. The van der Waals surface area contributed by atoms with Gasteiger partial charge in [-0.1, -0.05) is 18.5 Å². The lowest BCUT2D eigenvalue weighted by atomic mass is 10.3. The van der Waals surface area contributed by atoms with E-state index in [1.165, 1.54) is 0 Å². The molecule has 3 atom stereocenters. The van der Waals surface area contributed by atoms with Crippen molar-refractivity contribution in [3.05, 3.63) is 0 Å². The molecule has 1 fully saturated rings. The first-order chi connectivity index (χ1) is 4.90. The molecular formula is C6H11Cl2O2P. The van der Waals surface area contributed by atoms with Crippen LogP contribution in [0, 0.1) is 0 Å². The first-order valence-electron chi connectivity index (χ1n) is 3.51. The highest BCUT2D eigenvalue weighted by Crippen LogP contribution is 2.60. The van der Waals surface area contributed by atoms with Crippen molar-refractivity contribution in [1.29, 1.82) is 0 Å². The van der Waals surface area contributed by atoms with Crippen molar-refractivity contribution in [1.82, 2.24) is 0 Å². The smallest absolute Gasteiger partial charge is 0.206 e. The standard InChI is InChI=1S/C6H11Cl2O2P/c1-3-11(9)4-5(7)6(2,8)10-11/h5H,3-4H2,1-2H3. The molecule has 2 nitrogen and oxygen atoms in total. The van der Waals surface area contributed by atoms with Crippen molar-refractivity contribution >= 4 is 30.6 Å². The summed E-state index contributed by atoms with van der Waals surface area (Å²) in [5.41, 5.74) is 0. The highest BCUT2D eigenvalue weighted by atomic mass is 35.5. The monoisotopic (exact) mass is 216 g/mol. The number of rotatable bonds is 1. The van der Waals surface area contributed by atoms with Crippen LogP contribution < -0.4 is 0 Å². The average molecular weight is 217 g/mol. The molecule has 0 aromatic heterocycles. The molecule has 0 amide bonds. The lowest BCUT2D eigenvalue weighted by Gasteiger charge is -2.17. The van der Waals surface area contributed by atoms with Crippen LogP contribution in [-0.2, 0) is 9.09 Å². The van der Waals surface area contributed by atoms with Crippen molar-refractivity contribution in [2.75, 3.05) is 12.3 Å². The number of halogens is 2. The molecule has 66 valence electrons. The van der Waals surface area contributed by atoms with Crippen molar-refractivity contribution in [2.24, 2.45) is 0 Å². The molecule has 5 heteroatoms. The summed E-state index contributed by atoms with van der Waals surface area (Å²) in [6.45, 7) is 3.48. The molecule has 0 radical (unpaired) electrons. The zero-order chi connectivity index (χ0) is 8.70. The van der Waals surface area contributed by atoms with E-state index in [1.54, 1.807) is 6.92 Å². The summed E-state index contributed by atoms with van der Waals surface area (Å²) in [5, 5.41) is -1.28. The Bertz CT molecular complexity index is 205. The van der Waals surface area contributed by atoms with Crippen molar-refractivity contribution in [2.45, 2.75) is 24.3 Å². The molecule has 0 saturated carbocycles. The fourth-order valence-electron chi connectivity index (χ4n) is 1.02. The minimum absolute atomic E-state index is 0.338. The van der Waals surface area contributed by atoms with Crippen molar-refractivity contribution < 1.29 is 9.09 Å². The molecule has 1 aliphatic rings. The minimum atomic E-state index is -2.49. The topological polar surface area (TPSA) is 26.3 Å². The summed E-state index contributed by atoms with van der Waals surface area (Å²) < 4.78 is 16.8. The van der Waals surface area contributed by atoms with E-state index < -0.39 is 12.4 Å². The van der Waals surface area contributed by atoms with E-state index in [4.69, 9.17) is 27.7 Å². The fourth-order valence-corrected chi connectivity index (χ4v) is 4.40. The third-order valence-electron chi connectivity index (χ3n) is 1.82. The third-order valence-corrected chi connectivity index (χ3v) is 5.77. The Morgan fingerprint density at radius 3 is 2.55 bits per heavy atom. The van der Waals surface area contributed by atoms with Crippen molar-refractivity contribution in [3.63, 3.8) is 0 Å². The Balaban J connectivity index is 2.79. The Morgan fingerprint density at radius 2 is 2.36 bits per heavy atom. The van der Waals surface area contributed by atoms with Gasteiger partial charge in [0, 0.05) is 12.3 Å². The van der Waals surface area contributed by atoms with Gasteiger partial charge in [0.15, 0.2) is 5.06 Å². The molecule has 1 heterocycles. The molecule has 0 aromatic rings. The van der Waals surface area contributed by atoms with Crippen LogP contribution in [0.15, 0.2) is 0 Å². The highest BCUT2D eigenvalue weighted by Gasteiger charge is 2.48. The van der Waals surface area contributed by atoms with Crippen molar-refractivity contribution in [3.8, 4) is 0 Å². The number of hydrogen-bond acceptors (Lipinski definition) is 2. The summed E-state index contributed by atoms with van der Waals surface area (Å²) in [7, 11) is -2.49. The van der Waals surface area contributed by atoms with E-state index in [9.17, 15) is 4.57 Å². The Kier molecular flexibility index (Phi) is 2.61. The average Bonchev–Trinajstić information content (AvgIpc) is 2.04. The predicted molar refractivity (Wildman–Crippen MR) is 48.0 cm³/mol. The second-order valence-electron chi connectivity index (χ2n) is 2.86. The van der Waals surface area contributed by atoms with Crippen LogP contribution in [0.25, 0.3) is 0 Å². The maximum Gasteiger partial charge on any atom is 0.206 e. The molecule has 0 aliphatic carbocycles. The summed E-state index contributed by atoms with van der Waals surface area (Å²) >= 11 is 11.7. The van der Waals surface area contributed by atoms with Crippen LogP contribution in [0.1, 0.15) is 13.8 Å². The normalized spacial score (nSPS) is 51.5. The first-order valence-corrected chi connectivity index (χ1v) is 6.32. The van der Waals surface area contributed by atoms with E-state index in [0.29, 0.717) is 12.3 Å². The molecule has 3 unspecified atom stereocenters. The van der Waals surface area contributed by atoms with Crippen LogP contribution in [0.2, 0.25) is 0 Å². The van der Waals surface area contributed by atoms with Crippen LogP contribution in [0.4, 0.5) is 0 Å². The second kappa shape index (κ2) is 2.92. The lowest BCUT2D eigenvalue weighted by Crippen LogP contribution is -2.25. The molecular weight excluding hydrogens is 206 g/mol. The maximum absolute atomic E-state index is 11.6. The first kappa shape index (κ1) is 9.85. The van der Waals surface area contributed by atoms with E-state index in [1.807, 2.05) is 6.92 Å². The lowest BCUT2D eigenvalue weighted by molar-refractivity contribution is 0.212. The van der Waals surface area contributed by atoms with Gasteiger partial charge in [-0.25, -0.2) is 0 Å². The van der Waals surface area contributed by atoms with Crippen LogP contribution >= 0.6 is 30.6 Å². The minimum Gasteiger partial charge on any atom is -0.304 e. The second-order valence-corrected chi connectivity index (χ2v) is 6.94. The van der Waals surface area contributed by atoms with E-state index in [-0.39, 0.29) is 5.38 Å². The molecule has 11 heavy (non-hydrogen) atoms. The van der Waals surface area contributed by atoms with Gasteiger partial charge in [0.1, 0.15) is 0 Å². The van der Waals surface area contributed by atoms with Gasteiger partial charge in [-0.3, -0.25) is 4.57 Å². The summed E-state index contributed by atoms with van der Waals surface area (Å²) in [6.07, 6.45) is 0.906. The van der Waals surface area contributed by atoms with Crippen LogP contribution in [0.5, 0.6) is 0 Å². The van der Waals surface area contributed by atoms with Gasteiger partial charge < -0.3 is 4.52 Å². The summed E-state index contributed by atoms with van der Waals surface area (Å²) in [6, 6.07) is 0. The van der Waals surface area contributed by atoms with E-state index >= 15 is 0 Å². The fraction of sp³-hybridized carbons (Fsp3) is 1.00. The molecule has 1 rings (SSSR count). The van der Waals surface area contributed by atoms with Gasteiger partial charge in [0.05, 0.1) is 5.38 Å². The van der Waals surface area contributed by atoms with Gasteiger partial charge >= 0.3 is 0 Å². The van der Waals surface area contributed by atoms with E-state index in [2.05, 4.69) is 0 Å². The maximum atomic E-state index is 11.6. The molecule has 0 bridgehead atoms. The summed E-state index contributed by atoms with van der Waals surface area (Å²) in [4.78, 5) is 0. The van der Waals surface area contributed by atoms with Crippen LogP contribution in [-0.4, -0.2) is 22.8 Å². The van der Waals surface area contributed by atoms with Gasteiger partial charge in [0.2, 0.25) is 7.37 Å². The zero-order valence-corrected chi connectivity index (χ0v) is 8.92. The van der Waals surface area contributed by atoms with Gasteiger partial charge in [-0.2, -0.15) is 0 Å². The SMILES string of the molecule is CCP1(=O)CC(Cl)C(C)(Cl)O1. The number of hydrogen-bond donors (Lipinski definition) is 0. The molecule has 0 N–H and O–H groups in total. The largest absolute Gasteiger partial charge is 0.304 e. The highest BCUT2D eigenvalue weighted by molar-refractivity contribution is 7.59. The summed E-state index contributed by atoms with van der Waals surface area (Å²) in [5.74, 6) is 0. The Labute approximate surface area is 76.7 Å². The van der Waals surface area contributed by atoms with Crippen LogP contribution in [0.3, 0.4) is 0 Å². The molecule has 0 spiro atoms.